The van der Waals surface area contributed by atoms with E-state index in [1.54, 1.807) is 0 Å². The van der Waals surface area contributed by atoms with Crippen molar-refractivity contribution in [2.24, 2.45) is 0 Å². The summed E-state index contributed by atoms with van der Waals surface area (Å²) in [5.41, 5.74) is 8.92. The molecule has 162 valence electrons. The van der Waals surface area contributed by atoms with Crippen molar-refractivity contribution in [2.75, 3.05) is 0 Å². The summed E-state index contributed by atoms with van der Waals surface area (Å²) >= 11 is 0. The second-order valence-electron chi connectivity index (χ2n) is 9.37. The lowest BCUT2D eigenvalue weighted by atomic mass is 9.91. The Morgan fingerprint density at radius 1 is 0.400 bits per heavy atom. The van der Waals surface area contributed by atoms with Crippen LogP contribution in [0.3, 0.4) is 0 Å². The number of aromatic nitrogens is 1. The van der Waals surface area contributed by atoms with Gasteiger partial charge in [0.1, 0.15) is 0 Å². The first kappa shape index (κ1) is 18.8. The van der Waals surface area contributed by atoms with Crippen LogP contribution in [0.25, 0.3) is 71.1 Å². The fraction of sp³-hybridized carbons (Fsp3) is 0. The van der Waals surface area contributed by atoms with Gasteiger partial charge in [-0.25, -0.2) is 0 Å². The number of rotatable bonds is 2. The molecular formula is C34H21N. The summed E-state index contributed by atoms with van der Waals surface area (Å²) in [7, 11) is 0. The molecule has 0 bridgehead atoms. The van der Waals surface area contributed by atoms with Gasteiger partial charge in [0.25, 0.3) is 0 Å². The van der Waals surface area contributed by atoms with Gasteiger partial charge < -0.3 is 4.40 Å². The van der Waals surface area contributed by atoms with Gasteiger partial charge in [-0.15, -0.1) is 0 Å². The third-order valence-corrected chi connectivity index (χ3v) is 7.49. The monoisotopic (exact) mass is 443 g/mol. The molecule has 0 N–H and O–H groups in total. The second kappa shape index (κ2) is 6.94. The summed E-state index contributed by atoms with van der Waals surface area (Å²) in [6.45, 7) is 0. The summed E-state index contributed by atoms with van der Waals surface area (Å²) in [5.74, 6) is 0. The average Bonchev–Trinajstić information content (AvgIpc) is 3.44. The molecule has 0 spiro atoms. The van der Waals surface area contributed by atoms with E-state index >= 15 is 0 Å². The molecule has 0 unspecified atom stereocenters. The van der Waals surface area contributed by atoms with Gasteiger partial charge in [0, 0.05) is 21.5 Å². The highest BCUT2D eigenvalue weighted by Crippen LogP contribution is 2.45. The summed E-state index contributed by atoms with van der Waals surface area (Å²) < 4.78 is 2.48. The van der Waals surface area contributed by atoms with Crippen molar-refractivity contribution < 1.29 is 0 Å². The molecule has 2 aromatic heterocycles. The molecule has 0 fully saturated rings. The maximum atomic E-state index is 2.48. The minimum absolute atomic E-state index is 1.24. The zero-order chi connectivity index (χ0) is 22.9. The van der Waals surface area contributed by atoms with Crippen LogP contribution in [-0.4, -0.2) is 4.40 Å². The van der Waals surface area contributed by atoms with Crippen LogP contribution >= 0.6 is 0 Å². The zero-order valence-corrected chi connectivity index (χ0v) is 19.1. The largest absolute Gasteiger partial charge is 0.308 e. The van der Waals surface area contributed by atoms with E-state index in [4.69, 9.17) is 0 Å². The Bertz CT molecular complexity index is 2040. The minimum atomic E-state index is 1.24. The van der Waals surface area contributed by atoms with Gasteiger partial charge in [0.15, 0.2) is 0 Å². The molecule has 0 atom stereocenters. The number of para-hydroxylation sites is 2. The normalized spacial score (nSPS) is 12.0. The highest BCUT2D eigenvalue weighted by molar-refractivity contribution is 6.29. The van der Waals surface area contributed by atoms with Gasteiger partial charge >= 0.3 is 0 Å². The fourth-order valence-electron chi connectivity index (χ4n) is 6.04. The summed E-state index contributed by atoms with van der Waals surface area (Å²) in [5, 5.41) is 7.85. The van der Waals surface area contributed by atoms with E-state index in [9.17, 15) is 0 Å². The number of hydrogen-bond acceptors (Lipinski definition) is 0. The molecule has 35 heavy (non-hydrogen) atoms. The average molecular weight is 444 g/mol. The van der Waals surface area contributed by atoms with Crippen LogP contribution in [0.4, 0.5) is 0 Å². The molecule has 6 aromatic carbocycles. The van der Waals surface area contributed by atoms with Crippen molar-refractivity contribution in [1.29, 1.82) is 0 Å². The summed E-state index contributed by atoms with van der Waals surface area (Å²) in [4.78, 5) is 0. The number of nitrogens with zero attached hydrogens (tertiary/aromatic N) is 1. The van der Waals surface area contributed by atoms with E-state index in [0.29, 0.717) is 0 Å². The van der Waals surface area contributed by atoms with Gasteiger partial charge in [-0.1, -0.05) is 109 Å². The number of fused-ring (bicyclic) bond motifs is 7. The fourth-order valence-corrected chi connectivity index (χ4v) is 6.04. The molecule has 8 aromatic rings. The molecule has 0 saturated carbocycles. The summed E-state index contributed by atoms with van der Waals surface area (Å²) in [6, 6.07) is 46.4. The van der Waals surface area contributed by atoms with E-state index in [1.165, 1.54) is 71.1 Å². The molecule has 1 nitrogen and oxygen atoms in total. The van der Waals surface area contributed by atoms with Crippen LogP contribution in [0, 0.1) is 0 Å². The lowest BCUT2D eigenvalue weighted by Crippen LogP contribution is -1.87. The number of benzene rings is 6. The first-order chi connectivity index (χ1) is 17.4. The Kier molecular flexibility index (Phi) is 3.72. The van der Waals surface area contributed by atoms with Crippen molar-refractivity contribution >= 4 is 48.9 Å². The number of hydrogen-bond donors (Lipinski definition) is 0. The van der Waals surface area contributed by atoms with Gasteiger partial charge in [-0.05, 0) is 51.2 Å². The molecule has 0 aliphatic carbocycles. The maximum absolute atomic E-state index is 2.48. The smallest absolute Gasteiger partial charge is 0.0620 e. The third kappa shape index (κ3) is 2.53. The van der Waals surface area contributed by atoms with E-state index in [-0.39, 0.29) is 0 Å². The van der Waals surface area contributed by atoms with Crippen molar-refractivity contribution in [3.05, 3.63) is 127 Å². The Labute approximate surface area is 202 Å². The van der Waals surface area contributed by atoms with E-state index in [2.05, 4.69) is 132 Å². The first-order valence-corrected chi connectivity index (χ1v) is 12.1. The molecule has 1 heteroatoms. The molecule has 2 heterocycles. The predicted molar refractivity (Wildman–Crippen MR) is 149 cm³/mol. The highest BCUT2D eigenvalue weighted by atomic mass is 14.9. The molecule has 0 aliphatic rings. The summed E-state index contributed by atoms with van der Waals surface area (Å²) in [6.07, 6.45) is 0. The third-order valence-electron chi connectivity index (χ3n) is 7.49. The molecule has 8 rings (SSSR count). The van der Waals surface area contributed by atoms with Crippen molar-refractivity contribution in [2.45, 2.75) is 0 Å². The topological polar surface area (TPSA) is 4.41 Å². The van der Waals surface area contributed by atoms with Crippen LogP contribution in [0.2, 0.25) is 0 Å². The Morgan fingerprint density at radius 2 is 1.06 bits per heavy atom. The predicted octanol–water partition coefficient (Wildman–Crippen LogP) is 9.32. The van der Waals surface area contributed by atoms with Crippen LogP contribution in [0.1, 0.15) is 0 Å². The van der Waals surface area contributed by atoms with Crippen LogP contribution in [-0.2, 0) is 0 Å². The van der Waals surface area contributed by atoms with Crippen molar-refractivity contribution in [1.82, 2.24) is 4.40 Å². The molecule has 0 aliphatic heterocycles. The van der Waals surface area contributed by atoms with Crippen molar-refractivity contribution in [3.63, 3.8) is 0 Å². The molecule has 0 saturated heterocycles. The molecule has 0 radical (unpaired) electrons. The van der Waals surface area contributed by atoms with Crippen LogP contribution in [0.15, 0.2) is 127 Å². The van der Waals surface area contributed by atoms with Crippen molar-refractivity contribution in [3.8, 4) is 22.3 Å². The quantitative estimate of drug-likeness (QED) is 0.251. The molecule has 0 amide bonds. The van der Waals surface area contributed by atoms with E-state index in [0.717, 1.165) is 0 Å². The van der Waals surface area contributed by atoms with Gasteiger partial charge in [-0.2, -0.15) is 0 Å². The van der Waals surface area contributed by atoms with Gasteiger partial charge in [-0.3, -0.25) is 0 Å². The van der Waals surface area contributed by atoms with E-state index < -0.39 is 0 Å². The van der Waals surface area contributed by atoms with E-state index in [1.807, 2.05) is 0 Å². The molecular weight excluding hydrogens is 422 g/mol. The SMILES string of the molecule is c1ccc(-c2cccc(-c3c4ccccc4cc4c3c3cccc5c6ccccc6n4c53)c2)cc1. The van der Waals surface area contributed by atoms with Gasteiger partial charge in [0.05, 0.1) is 16.6 Å². The Balaban J connectivity index is 1.59. The minimum Gasteiger partial charge on any atom is -0.308 e. The Morgan fingerprint density at radius 3 is 1.97 bits per heavy atom. The van der Waals surface area contributed by atoms with Gasteiger partial charge in [0.2, 0.25) is 0 Å². The zero-order valence-electron chi connectivity index (χ0n) is 19.1. The highest BCUT2D eigenvalue weighted by Gasteiger charge is 2.21. The lowest BCUT2D eigenvalue weighted by Gasteiger charge is -2.12. The first-order valence-electron chi connectivity index (χ1n) is 12.1. The second-order valence-corrected chi connectivity index (χ2v) is 9.37. The Hall–Kier alpha value is -4.62. The van der Waals surface area contributed by atoms with Crippen LogP contribution in [0.5, 0.6) is 0 Å². The lowest BCUT2D eigenvalue weighted by molar-refractivity contribution is 1.37. The van der Waals surface area contributed by atoms with Crippen LogP contribution < -0.4 is 0 Å². The maximum Gasteiger partial charge on any atom is 0.0620 e. The standard InChI is InChI=1S/C34H21N/c1-2-10-22(11-3-1)23-13-8-14-25(20-23)32-26-15-5-4-12-24(26)21-31-33(32)29-18-9-17-28-27-16-6-7-19-30(27)35(31)34(28)29/h1-21H.